The first-order chi connectivity index (χ1) is 16.5. The standard InChI is InChI=1S/C16H9N2S3.3C4H9.Sn/c1-9-3-5-19-13(9)15-11(7-17)12(8-18)16(21-15)14-10(2)4-6-20-14;3*1-3-4-2;/h3-5H,1-2H3;3*1,3-4H2,2H3;. The summed E-state index contributed by atoms with van der Waals surface area (Å²) in [6.45, 7) is 11.3. The number of thiophene rings is 3. The number of aryl methyl sites for hydroxylation is 2. The topological polar surface area (TPSA) is 47.6 Å². The van der Waals surface area contributed by atoms with Crippen LogP contribution in [0.4, 0.5) is 0 Å². The van der Waals surface area contributed by atoms with Gasteiger partial charge in [-0.3, -0.25) is 0 Å². The zero-order valence-electron chi connectivity index (χ0n) is 21.2. The average Bonchev–Trinajstić information content (AvgIpc) is 3.54. The van der Waals surface area contributed by atoms with E-state index in [9.17, 15) is 10.5 Å². The van der Waals surface area contributed by atoms with E-state index in [0.717, 1.165) is 14.6 Å². The number of unbranched alkanes of at least 4 members (excludes halogenated alkanes) is 3. The zero-order valence-corrected chi connectivity index (χ0v) is 26.5. The van der Waals surface area contributed by atoms with Crippen molar-refractivity contribution in [1.29, 1.82) is 10.5 Å². The molecule has 0 amide bonds. The first-order valence-corrected chi connectivity index (χ1v) is 22.6. The second-order valence-electron chi connectivity index (χ2n) is 9.38. The molecule has 34 heavy (non-hydrogen) atoms. The van der Waals surface area contributed by atoms with E-state index in [2.05, 4.69) is 64.3 Å². The molecule has 180 valence electrons. The summed E-state index contributed by atoms with van der Waals surface area (Å²) in [6, 6.07) is 9.38. The SMILES string of the molecule is CCC[CH2][Sn]([CH2]CCC)([CH2]CCC)[c]1cc(C)c(-c2sc(-c3sccc3C)c(C#N)c2C#N)s1. The molecule has 3 aromatic heterocycles. The van der Waals surface area contributed by atoms with E-state index in [4.69, 9.17) is 0 Å². The van der Waals surface area contributed by atoms with Gasteiger partial charge in [-0.05, 0) is 0 Å². The molecule has 3 rings (SSSR count). The van der Waals surface area contributed by atoms with Gasteiger partial charge in [0.15, 0.2) is 0 Å². The molecule has 3 heterocycles. The Hall–Kier alpha value is -1.12. The molecule has 3 aromatic rings. The van der Waals surface area contributed by atoms with Crippen LogP contribution in [0, 0.1) is 36.5 Å². The summed E-state index contributed by atoms with van der Waals surface area (Å²) < 4.78 is 6.04. The summed E-state index contributed by atoms with van der Waals surface area (Å²) in [4.78, 5) is 4.34. The van der Waals surface area contributed by atoms with Crippen molar-refractivity contribution >= 4 is 55.3 Å². The van der Waals surface area contributed by atoms with Crippen LogP contribution in [0.3, 0.4) is 0 Å². The molecule has 6 heteroatoms. The summed E-state index contributed by atoms with van der Waals surface area (Å²) in [6.07, 6.45) is 7.85. The van der Waals surface area contributed by atoms with Gasteiger partial charge in [-0.15, -0.1) is 0 Å². The average molecular weight is 616 g/mol. The summed E-state index contributed by atoms with van der Waals surface area (Å²) in [5.41, 5.74) is 3.60. The van der Waals surface area contributed by atoms with Crippen molar-refractivity contribution in [3.8, 4) is 31.6 Å². The molecule has 0 bridgehead atoms. The number of nitrogens with zero attached hydrogens (tertiary/aromatic N) is 2. The van der Waals surface area contributed by atoms with Crippen LogP contribution in [-0.2, 0) is 0 Å². The fraction of sp³-hybridized carbons (Fsp3) is 0.500. The molecule has 0 saturated carbocycles. The van der Waals surface area contributed by atoms with Crippen LogP contribution in [-0.4, -0.2) is 18.4 Å². The predicted octanol–water partition coefficient (Wildman–Crippen LogP) is 9.62. The van der Waals surface area contributed by atoms with Gasteiger partial charge in [0.05, 0.1) is 0 Å². The van der Waals surface area contributed by atoms with Crippen molar-refractivity contribution < 1.29 is 0 Å². The zero-order chi connectivity index (χ0) is 24.7. The van der Waals surface area contributed by atoms with E-state index in [1.807, 2.05) is 11.3 Å². The van der Waals surface area contributed by atoms with Gasteiger partial charge in [-0.1, -0.05) is 0 Å². The Labute approximate surface area is 222 Å². The Bertz CT molecular complexity index is 1160. The van der Waals surface area contributed by atoms with Crippen LogP contribution >= 0.6 is 34.0 Å². The Balaban J connectivity index is 2.16. The predicted molar refractivity (Wildman–Crippen MR) is 154 cm³/mol. The fourth-order valence-corrected chi connectivity index (χ4v) is 27.9. The molecule has 2 nitrogen and oxygen atoms in total. The van der Waals surface area contributed by atoms with Crippen molar-refractivity contribution in [3.05, 3.63) is 39.8 Å². The van der Waals surface area contributed by atoms with Gasteiger partial charge >= 0.3 is 224 Å². The van der Waals surface area contributed by atoms with E-state index < -0.39 is 18.4 Å². The summed E-state index contributed by atoms with van der Waals surface area (Å²) >= 11 is 2.75. The number of rotatable bonds is 12. The second kappa shape index (κ2) is 12.7. The van der Waals surface area contributed by atoms with Crippen molar-refractivity contribution in [2.24, 2.45) is 0 Å². The van der Waals surface area contributed by atoms with Crippen LogP contribution < -0.4 is 2.89 Å². The van der Waals surface area contributed by atoms with Crippen molar-refractivity contribution in [2.75, 3.05) is 0 Å². The molecular formula is C28H36N2S3Sn. The van der Waals surface area contributed by atoms with E-state index in [-0.39, 0.29) is 0 Å². The molecule has 0 aliphatic carbocycles. The molecule has 0 fully saturated rings. The van der Waals surface area contributed by atoms with Crippen LogP contribution in [0.5, 0.6) is 0 Å². The van der Waals surface area contributed by atoms with Gasteiger partial charge in [-0.25, -0.2) is 0 Å². The fourth-order valence-electron chi connectivity index (χ4n) is 4.83. The van der Waals surface area contributed by atoms with Gasteiger partial charge < -0.3 is 0 Å². The summed E-state index contributed by atoms with van der Waals surface area (Å²) in [7, 11) is 0. The number of nitriles is 2. The van der Waals surface area contributed by atoms with E-state index in [1.165, 1.54) is 67.8 Å². The van der Waals surface area contributed by atoms with Gasteiger partial charge in [0, 0.05) is 0 Å². The van der Waals surface area contributed by atoms with Crippen LogP contribution in [0.15, 0.2) is 17.5 Å². The van der Waals surface area contributed by atoms with Gasteiger partial charge in [0.2, 0.25) is 0 Å². The summed E-state index contributed by atoms with van der Waals surface area (Å²) in [5, 5.41) is 22.2. The molecule has 0 spiro atoms. The molecule has 0 aromatic carbocycles. The Morgan fingerprint density at radius 1 is 0.735 bits per heavy atom. The molecule has 0 atom stereocenters. The minimum atomic E-state index is -2.54. The number of hydrogen-bond acceptors (Lipinski definition) is 5. The van der Waals surface area contributed by atoms with E-state index >= 15 is 0 Å². The van der Waals surface area contributed by atoms with Crippen molar-refractivity contribution in [1.82, 2.24) is 0 Å². The van der Waals surface area contributed by atoms with Crippen LogP contribution in [0.2, 0.25) is 13.3 Å². The molecule has 0 N–H and O–H groups in total. The Morgan fingerprint density at radius 3 is 1.71 bits per heavy atom. The third-order valence-corrected chi connectivity index (χ3v) is 28.9. The van der Waals surface area contributed by atoms with Gasteiger partial charge in [0.25, 0.3) is 0 Å². The summed E-state index contributed by atoms with van der Waals surface area (Å²) in [5.74, 6) is 0. The molecule has 0 aliphatic heterocycles. The van der Waals surface area contributed by atoms with Crippen LogP contribution in [0.25, 0.3) is 19.5 Å². The Kier molecular flexibility index (Phi) is 10.3. The number of hydrogen-bond donors (Lipinski definition) is 0. The minimum absolute atomic E-state index is 0.556. The van der Waals surface area contributed by atoms with Crippen molar-refractivity contribution in [3.63, 3.8) is 0 Å². The first-order valence-electron chi connectivity index (χ1n) is 12.6. The quantitative estimate of drug-likeness (QED) is 0.191. The third-order valence-electron chi connectivity index (χ3n) is 6.87. The van der Waals surface area contributed by atoms with Gasteiger partial charge in [0.1, 0.15) is 0 Å². The van der Waals surface area contributed by atoms with Crippen LogP contribution in [0.1, 0.15) is 81.5 Å². The van der Waals surface area contributed by atoms with E-state index in [1.54, 1.807) is 25.6 Å². The molecule has 0 unspecified atom stereocenters. The van der Waals surface area contributed by atoms with Gasteiger partial charge in [-0.2, -0.15) is 0 Å². The first kappa shape index (κ1) is 27.5. The molecule has 0 aliphatic rings. The molecule has 0 radical (unpaired) electrons. The second-order valence-corrected chi connectivity index (χ2v) is 26.5. The Morgan fingerprint density at radius 2 is 1.26 bits per heavy atom. The molecular weight excluding hydrogens is 579 g/mol. The maximum absolute atomic E-state index is 10.1. The maximum atomic E-state index is 10.1. The monoisotopic (exact) mass is 616 g/mol. The molecule has 0 saturated heterocycles. The van der Waals surface area contributed by atoms with E-state index in [0.29, 0.717) is 11.1 Å². The van der Waals surface area contributed by atoms with Crippen molar-refractivity contribution in [2.45, 2.75) is 86.5 Å². The normalized spacial score (nSPS) is 11.5. The third kappa shape index (κ3) is 5.65.